The maximum Gasteiger partial charge on any atom is 0.408 e. The van der Waals surface area contributed by atoms with Crippen molar-refractivity contribution in [3.8, 4) is 0 Å². The SMILES string of the molecule is CC(C)(C)OC(=O)NC1(CNCc2ccccn2)CCC1. The van der Waals surface area contributed by atoms with E-state index in [4.69, 9.17) is 4.74 Å². The number of amides is 1. The minimum atomic E-state index is -0.462. The molecule has 1 fully saturated rings. The fourth-order valence-electron chi connectivity index (χ4n) is 2.40. The van der Waals surface area contributed by atoms with Crippen molar-refractivity contribution >= 4 is 6.09 Å². The number of carbonyl (C=O) groups is 1. The molecule has 0 atom stereocenters. The molecule has 0 radical (unpaired) electrons. The molecule has 1 heterocycles. The molecule has 2 rings (SSSR count). The zero-order chi connectivity index (χ0) is 15.3. The number of nitrogens with one attached hydrogen (secondary N) is 2. The molecule has 0 spiro atoms. The van der Waals surface area contributed by atoms with Gasteiger partial charge >= 0.3 is 6.09 Å². The molecule has 5 nitrogen and oxygen atoms in total. The molecule has 1 aromatic heterocycles. The van der Waals surface area contributed by atoms with Gasteiger partial charge in [0.2, 0.25) is 0 Å². The number of ether oxygens (including phenoxy) is 1. The molecule has 1 saturated carbocycles. The second-order valence-corrected chi connectivity index (χ2v) is 6.69. The van der Waals surface area contributed by atoms with Crippen LogP contribution in [0.2, 0.25) is 0 Å². The standard InChI is InChI=1S/C16H25N3O2/c1-15(2,3)21-14(20)19-16(8-6-9-16)12-17-11-13-7-4-5-10-18-13/h4-5,7,10,17H,6,8-9,11-12H2,1-3H3,(H,19,20). The summed E-state index contributed by atoms with van der Waals surface area (Å²) in [5.74, 6) is 0. The summed E-state index contributed by atoms with van der Waals surface area (Å²) >= 11 is 0. The first-order chi connectivity index (χ1) is 9.89. The molecular weight excluding hydrogens is 266 g/mol. The molecule has 1 aliphatic rings. The first-order valence-corrected chi connectivity index (χ1v) is 7.50. The monoisotopic (exact) mass is 291 g/mol. The highest BCUT2D eigenvalue weighted by molar-refractivity contribution is 5.69. The Morgan fingerprint density at radius 2 is 2.14 bits per heavy atom. The number of rotatable bonds is 5. The van der Waals surface area contributed by atoms with Gasteiger partial charge in [-0.05, 0) is 52.2 Å². The van der Waals surface area contributed by atoms with Crippen LogP contribution < -0.4 is 10.6 Å². The van der Waals surface area contributed by atoms with Crippen LogP contribution in [0.1, 0.15) is 45.7 Å². The lowest BCUT2D eigenvalue weighted by Gasteiger charge is -2.42. The summed E-state index contributed by atoms with van der Waals surface area (Å²) in [5, 5.41) is 6.41. The Morgan fingerprint density at radius 1 is 1.38 bits per heavy atom. The number of pyridine rings is 1. The summed E-state index contributed by atoms with van der Waals surface area (Å²) in [5.41, 5.74) is 0.373. The molecule has 0 bridgehead atoms. The van der Waals surface area contributed by atoms with Crippen molar-refractivity contribution in [2.45, 2.75) is 57.7 Å². The third-order valence-electron chi connectivity index (χ3n) is 3.57. The molecule has 1 aromatic rings. The van der Waals surface area contributed by atoms with Crippen molar-refractivity contribution in [1.29, 1.82) is 0 Å². The second kappa shape index (κ2) is 6.43. The lowest BCUT2D eigenvalue weighted by Crippen LogP contribution is -2.59. The van der Waals surface area contributed by atoms with Gasteiger partial charge in [0.15, 0.2) is 0 Å². The lowest BCUT2D eigenvalue weighted by molar-refractivity contribution is 0.0382. The van der Waals surface area contributed by atoms with Gasteiger partial charge < -0.3 is 15.4 Å². The van der Waals surface area contributed by atoms with Crippen molar-refractivity contribution in [3.05, 3.63) is 30.1 Å². The number of aromatic nitrogens is 1. The smallest absolute Gasteiger partial charge is 0.408 e. The van der Waals surface area contributed by atoms with Crippen LogP contribution in [0.25, 0.3) is 0 Å². The van der Waals surface area contributed by atoms with E-state index in [0.29, 0.717) is 6.54 Å². The molecule has 116 valence electrons. The second-order valence-electron chi connectivity index (χ2n) is 6.69. The summed E-state index contributed by atoms with van der Waals surface area (Å²) in [7, 11) is 0. The Labute approximate surface area is 126 Å². The summed E-state index contributed by atoms with van der Waals surface area (Å²) in [6.07, 6.45) is 4.57. The maximum atomic E-state index is 11.9. The minimum Gasteiger partial charge on any atom is -0.444 e. The van der Waals surface area contributed by atoms with E-state index in [1.54, 1.807) is 6.20 Å². The molecule has 1 aliphatic carbocycles. The van der Waals surface area contributed by atoms with E-state index in [1.165, 1.54) is 0 Å². The van der Waals surface area contributed by atoms with Crippen molar-refractivity contribution in [2.75, 3.05) is 6.54 Å². The van der Waals surface area contributed by atoms with Gasteiger partial charge in [0.05, 0.1) is 11.2 Å². The normalized spacial score (nSPS) is 16.9. The van der Waals surface area contributed by atoms with E-state index in [2.05, 4.69) is 15.6 Å². The maximum absolute atomic E-state index is 11.9. The van der Waals surface area contributed by atoms with Gasteiger partial charge in [-0.15, -0.1) is 0 Å². The van der Waals surface area contributed by atoms with E-state index in [1.807, 2.05) is 39.0 Å². The molecule has 0 unspecified atom stereocenters. The molecule has 0 saturated heterocycles. The van der Waals surface area contributed by atoms with Gasteiger partial charge in [-0.25, -0.2) is 4.79 Å². The summed E-state index contributed by atoms with van der Waals surface area (Å²) in [6, 6.07) is 5.87. The van der Waals surface area contributed by atoms with Crippen LogP contribution in [0.4, 0.5) is 4.79 Å². The Bertz CT molecular complexity index is 464. The average Bonchev–Trinajstić information content (AvgIpc) is 2.34. The van der Waals surface area contributed by atoms with Gasteiger partial charge in [0.1, 0.15) is 5.60 Å². The minimum absolute atomic E-state index is 0.170. The predicted molar refractivity (Wildman–Crippen MR) is 81.9 cm³/mol. The Morgan fingerprint density at radius 3 is 2.67 bits per heavy atom. The number of hydrogen-bond donors (Lipinski definition) is 2. The van der Waals surface area contributed by atoms with Crippen molar-refractivity contribution < 1.29 is 9.53 Å². The van der Waals surface area contributed by atoms with Crippen LogP contribution in [0.5, 0.6) is 0 Å². The molecule has 5 heteroatoms. The number of nitrogens with zero attached hydrogens (tertiary/aromatic N) is 1. The molecule has 1 amide bonds. The quantitative estimate of drug-likeness (QED) is 0.875. The van der Waals surface area contributed by atoms with Crippen LogP contribution >= 0.6 is 0 Å². The molecule has 2 N–H and O–H groups in total. The van der Waals surface area contributed by atoms with Gasteiger partial charge in [0, 0.05) is 19.3 Å². The first-order valence-electron chi connectivity index (χ1n) is 7.50. The summed E-state index contributed by atoms with van der Waals surface area (Å²) < 4.78 is 5.34. The highest BCUT2D eigenvalue weighted by Gasteiger charge is 2.39. The predicted octanol–water partition coefficient (Wildman–Crippen LogP) is 2.62. The third-order valence-corrected chi connectivity index (χ3v) is 3.57. The third kappa shape index (κ3) is 5.01. The Kier molecular flexibility index (Phi) is 4.83. The van der Waals surface area contributed by atoms with Crippen LogP contribution in [-0.4, -0.2) is 28.8 Å². The highest BCUT2D eigenvalue weighted by atomic mass is 16.6. The molecule has 21 heavy (non-hydrogen) atoms. The largest absolute Gasteiger partial charge is 0.444 e. The molecule has 0 aromatic carbocycles. The van der Waals surface area contributed by atoms with Crippen molar-refractivity contribution in [3.63, 3.8) is 0 Å². The Balaban J connectivity index is 1.80. The average molecular weight is 291 g/mol. The van der Waals surface area contributed by atoms with Crippen LogP contribution in [-0.2, 0) is 11.3 Å². The topological polar surface area (TPSA) is 63.2 Å². The van der Waals surface area contributed by atoms with Gasteiger partial charge in [0.25, 0.3) is 0 Å². The highest BCUT2D eigenvalue weighted by Crippen LogP contribution is 2.31. The van der Waals surface area contributed by atoms with Gasteiger partial charge in [-0.2, -0.15) is 0 Å². The van der Waals surface area contributed by atoms with Crippen LogP contribution in [0, 0.1) is 0 Å². The number of hydrogen-bond acceptors (Lipinski definition) is 4. The van der Waals surface area contributed by atoms with Crippen LogP contribution in [0.3, 0.4) is 0 Å². The van der Waals surface area contributed by atoms with Crippen molar-refractivity contribution in [1.82, 2.24) is 15.6 Å². The van der Waals surface area contributed by atoms with E-state index >= 15 is 0 Å². The van der Waals surface area contributed by atoms with Gasteiger partial charge in [-0.3, -0.25) is 4.98 Å². The Hall–Kier alpha value is -1.62. The molecule has 0 aliphatic heterocycles. The fourth-order valence-corrected chi connectivity index (χ4v) is 2.40. The zero-order valence-electron chi connectivity index (χ0n) is 13.1. The molecular formula is C16H25N3O2. The van der Waals surface area contributed by atoms with Gasteiger partial charge in [-0.1, -0.05) is 6.07 Å². The lowest BCUT2D eigenvalue weighted by atomic mass is 9.76. The first kappa shape index (κ1) is 15.8. The van der Waals surface area contributed by atoms with Crippen molar-refractivity contribution in [2.24, 2.45) is 0 Å². The van der Waals surface area contributed by atoms with E-state index in [9.17, 15) is 4.79 Å². The fraction of sp³-hybridized carbons (Fsp3) is 0.625. The summed E-state index contributed by atoms with van der Waals surface area (Å²) in [6.45, 7) is 7.07. The summed E-state index contributed by atoms with van der Waals surface area (Å²) in [4.78, 5) is 16.2. The van der Waals surface area contributed by atoms with E-state index in [-0.39, 0.29) is 11.6 Å². The van der Waals surface area contributed by atoms with Crippen LogP contribution in [0.15, 0.2) is 24.4 Å². The number of carbonyl (C=O) groups excluding carboxylic acids is 1. The number of alkyl carbamates (subject to hydrolysis) is 1. The van der Waals surface area contributed by atoms with E-state index in [0.717, 1.165) is 31.5 Å². The van der Waals surface area contributed by atoms with E-state index < -0.39 is 5.60 Å². The zero-order valence-corrected chi connectivity index (χ0v) is 13.1.